The topological polar surface area (TPSA) is 57.0 Å². The summed E-state index contributed by atoms with van der Waals surface area (Å²) >= 11 is 0. The molecule has 4 rings (SSSR count). The van der Waals surface area contributed by atoms with Crippen LogP contribution in [-0.4, -0.2) is 61.3 Å². The molecule has 25 heavy (non-hydrogen) atoms. The molecule has 0 saturated carbocycles. The average molecular weight is 350 g/mol. The first-order chi connectivity index (χ1) is 12.2. The second-order valence-electron chi connectivity index (χ2n) is 7.95. The molecule has 2 atom stereocenters. The lowest BCUT2D eigenvalue weighted by molar-refractivity contribution is -0.0558. The van der Waals surface area contributed by atoms with Crippen LogP contribution < -0.4 is 0 Å². The first-order valence-electron chi connectivity index (χ1n) is 9.69. The zero-order chi connectivity index (χ0) is 17.1. The summed E-state index contributed by atoms with van der Waals surface area (Å²) in [5.74, 6) is 1.53. The third kappa shape index (κ3) is 4.42. The van der Waals surface area contributed by atoms with Gasteiger partial charge in [0.1, 0.15) is 5.76 Å². The van der Waals surface area contributed by atoms with Gasteiger partial charge in [0.05, 0.1) is 30.6 Å². The Morgan fingerprint density at radius 2 is 2.24 bits per heavy atom. The van der Waals surface area contributed by atoms with E-state index in [1.165, 1.54) is 6.42 Å². The van der Waals surface area contributed by atoms with Crippen molar-refractivity contribution in [1.82, 2.24) is 10.1 Å². The number of ether oxygens (including phenoxy) is 3. The molecule has 1 aromatic rings. The number of nitrogens with zero attached hydrogens (tertiary/aromatic N) is 2. The number of likely N-dealkylation sites (tertiary alicyclic amines) is 1. The van der Waals surface area contributed by atoms with Crippen LogP contribution in [0.3, 0.4) is 0 Å². The van der Waals surface area contributed by atoms with Crippen molar-refractivity contribution >= 4 is 0 Å². The standard InChI is InChI=1S/C19H30N2O4/c1-15-9-17(20-25-15)11-21-6-2-5-19(14-21)10-18(13-24-19)23-12-16-3-7-22-8-4-16/h9,16,18H,2-8,10-14H2,1H3/t18-,19-/m0/s1. The summed E-state index contributed by atoms with van der Waals surface area (Å²) in [6.45, 7) is 8.21. The summed E-state index contributed by atoms with van der Waals surface area (Å²) in [7, 11) is 0. The Morgan fingerprint density at radius 3 is 3.04 bits per heavy atom. The first-order valence-corrected chi connectivity index (χ1v) is 9.69. The fourth-order valence-corrected chi connectivity index (χ4v) is 4.43. The van der Waals surface area contributed by atoms with Gasteiger partial charge in [0.15, 0.2) is 0 Å². The van der Waals surface area contributed by atoms with Gasteiger partial charge in [-0.15, -0.1) is 0 Å². The van der Waals surface area contributed by atoms with E-state index in [-0.39, 0.29) is 11.7 Å². The van der Waals surface area contributed by atoms with Gasteiger partial charge in [-0.2, -0.15) is 0 Å². The van der Waals surface area contributed by atoms with E-state index in [1.807, 2.05) is 13.0 Å². The van der Waals surface area contributed by atoms with Crippen molar-refractivity contribution in [2.75, 3.05) is 39.5 Å². The average Bonchev–Trinajstić information content (AvgIpc) is 3.20. The summed E-state index contributed by atoms with van der Waals surface area (Å²) < 4.78 is 23.1. The highest BCUT2D eigenvalue weighted by Gasteiger charge is 2.44. The fourth-order valence-electron chi connectivity index (χ4n) is 4.43. The van der Waals surface area contributed by atoms with E-state index < -0.39 is 0 Å². The molecule has 3 saturated heterocycles. The Hall–Kier alpha value is -0.950. The summed E-state index contributed by atoms with van der Waals surface area (Å²) in [4.78, 5) is 2.45. The van der Waals surface area contributed by atoms with Gasteiger partial charge in [0.2, 0.25) is 0 Å². The van der Waals surface area contributed by atoms with Crippen LogP contribution in [0.2, 0.25) is 0 Å². The Kier molecular flexibility index (Phi) is 5.41. The highest BCUT2D eigenvalue weighted by Crippen LogP contribution is 2.36. The van der Waals surface area contributed by atoms with Crippen molar-refractivity contribution in [2.45, 2.75) is 57.3 Å². The number of rotatable bonds is 5. The molecule has 1 aromatic heterocycles. The minimum absolute atomic E-state index is 0.0304. The summed E-state index contributed by atoms with van der Waals surface area (Å²) in [5.41, 5.74) is 0.983. The Morgan fingerprint density at radius 1 is 1.36 bits per heavy atom. The van der Waals surface area contributed by atoms with Crippen LogP contribution in [0.4, 0.5) is 0 Å². The predicted molar refractivity (Wildman–Crippen MR) is 92.3 cm³/mol. The van der Waals surface area contributed by atoms with E-state index in [0.29, 0.717) is 5.92 Å². The summed E-state index contributed by atoms with van der Waals surface area (Å²) in [6, 6.07) is 2.02. The molecule has 1 spiro atoms. The number of aryl methyl sites for hydroxylation is 1. The number of hydrogen-bond donors (Lipinski definition) is 0. The maximum atomic E-state index is 6.27. The molecule has 6 heteroatoms. The summed E-state index contributed by atoms with van der Waals surface area (Å²) in [6.07, 6.45) is 5.83. The first kappa shape index (κ1) is 17.5. The second-order valence-corrected chi connectivity index (χ2v) is 7.95. The van der Waals surface area contributed by atoms with Gasteiger partial charge in [-0.05, 0) is 45.1 Å². The van der Waals surface area contributed by atoms with E-state index in [0.717, 1.165) is 83.2 Å². The zero-order valence-corrected chi connectivity index (χ0v) is 15.2. The molecule has 3 fully saturated rings. The molecule has 0 amide bonds. The molecule has 0 aromatic carbocycles. The van der Waals surface area contributed by atoms with Crippen molar-refractivity contribution in [3.8, 4) is 0 Å². The van der Waals surface area contributed by atoms with Crippen LogP contribution in [-0.2, 0) is 20.8 Å². The van der Waals surface area contributed by atoms with Gasteiger partial charge in [0.25, 0.3) is 0 Å². The van der Waals surface area contributed by atoms with Gasteiger partial charge in [-0.25, -0.2) is 0 Å². The SMILES string of the molecule is Cc1cc(CN2CCC[C@]3(C[C@H](OCC4CCOCC4)CO3)C2)no1. The Labute approximate surface area is 149 Å². The van der Waals surface area contributed by atoms with Crippen LogP contribution in [0.15, 0.2) is 10.6 Å². The largest absolute Gasteiger partial charge is 0.381 e. The van der Waals surface area contributed by atoms with Crippen LogP contribution in [0.5, 0.6) is 0 Å². The molecule has 3 aliphatic rings. The number of piperidine rings is 1. The molecular weight excluding hydrogens is 320 g/mol. The Bertz CT molecular complexity index is 557. The zero-order valence-electron chi connectivity index (χ0n) is 15.2. The van der Waals surface area contributed by atoms with Crippen molar-refractivity contribution in [3.05, 3.63) is 17.5 Å². The maximum absolute atomic E-state index is 6.27. The molecule has 6 nitrogen and oxygen atoms in total. The predicted octanol–water partition coefficient (Wildman–Crippen LogP) is 2.55. The normalized spacial score (nSPS) is 31.8. The van der Waals surface area contributed by atoms with Crippen LogP contribution in [0.1, 0.15) is 43.6 Å². The maximum Gasteiger partial charge on any atom is 0.133 e. The van der Waals surface area contributed by atoms with E-state index in [9.17, 15) is 0 Å². The molecule has 3 aliphatic heterocycles. The van der Waals surface area contributed by atoms with Crippen molar-refractivity contribution < 1.29 is 18.7 Å². The quantitative estimate of drug-likeness (QED) is 0.813. The summed E-state index contributed by atoms with van der Waals surface area (Å²) in [5, 5.41) is 4.13. The van der Waals surface area contributed by atoms with Crippen molar-refractivity contribution in [1.29, 1.82) is 0 Å². The molecule has 4 heterocycles. The van der Waals surface area contributed by atoms with E-state index >= 15 is 0 Å². The minimum Gasteiger partial charge on any atom is -0.381 e. The molecule has 0 radical (unpaired) electrons. The van der Waals surface area contributed by atoms with Crippen LogP contribution in [0.25, 0.3) is 0 Å². The molecule has 0 aliphatic carbocycles. The van der Waals surface area contributed by atoms with Crippen LogP contribution in [0, 0.1) is 12.8 Å². The van der Waals surface area contributed by atoms with Gasteiger partial charge in [0, 0.05) is 38.8 Å². The third-order valence-electron chi connectivity index (χ3n) is 5.76. The molecule has 140 valence electrons. The van der Waals surface area contributed by atoms with Gasteiger partial charge < -0.3 is 18.7 Å². The highest BCUT2D eigenvalue weighted by molar-refractivity contribution is 5.04. The highest BCUT2D eigenvalue weighted by atomic mass is 16.6. The monoisotopic (exact) mass is 350 g/mol. The van der Waals surface area contributed by atoms with Gasteiger partial charge >= 0.3 is 0 Å². The lowest BCUT2D eigenvalue weighted by atomic mass is 9.89. The Balaban J connectivity index is 1.26. The molecule has 0 unspecified atom stereocenters. The van der Waals surface area contributed by atoms with Crippen molar-refractivity contribution in [2.24, 2.45) is 5.92 Å². The van der Waals surface area contributed by atoms with Gasteiger partial charge in [-0.3, -0.25) is 4.90 Å². The van der Waals surface area contributed by atoms with E-state index in [1.54, 1.807) is 0 Å². The van der Waals surface area contributed by atoms with E-state index in [4.69, 9.17) is 18.7 Å². The van der Waals surface area contributed by atoms with Crippen molar-refractivity contribution in [3.63, 3.8) is 0 Å². The number of hydrogen-bond acceptors (Lipinski definition) is 6. The van der Waals surface area contributed by atoms with E-state index in [2.05, 4.69) is 10.1 Å². The van der Waals surface area contributed by atoms with Gasteiger partial charge in [-0.1, -0.05) is 5.16 Å². The number of aromatic nitrogens is 1. The molecular formula is C19H30N2O4. The minimum atomic E-state index is -0.0304. The lowest BCUT2D eigenvalue weighted by Gasteiger charge is -2.39. The van der Waals surface area contributed by atoms with Crippen LogP contribution >= 0.6 is 0 Å². The molecule has 0 N–H and O–H groups in total. The molecule has 0 bridgehead atoms. The smallest absolute Gasteiger partial charge is 0.133 e. The lowest BCUT2D eigenvalue weighted by Crippen LogP contribution is -2.47. The second kappa shape index (κ2) is 7.74. The third-order valence-corrected chi connectivity index (χ3v) is 5.76. The fraction of sp³-hybridized carbons (Fsp3) is 0.842.